The first-order valence-corrected chi connectivity index (χ1v) is 8.82. The fourth-order valence-electron chi connectivity index (χ4n) is 1.97. The molecule has 0 spiro atoms. The Labute approximate surface area is 116 Å². The van der Waals surface area contributed by atoms with Gasteiger partial charge in [-0.05, 0) is 50.4 Å². The highest BCUT2D eigenvalue weighted by Gasteiger charge is 2.13. The van der Waals surface area contributed by atoms with E-state index in [9.17, 15) is 8.42 Å². The first-order chi connectivity index (χ1) is 8.92. The van der Waals surface area contributed by atoms with Gasteiger partial charge in [-0.1, -0.05) is 6.92 Å². The van der Waals surface area contributed by atoms with E-state index in [0.717, 1.165) is 25.1 Å². The number of aryl methyl sites for hydroxylation is 1. The molecule has 108 valence electrons. The van der Waals surface area contributed by atoms with E-state index in [1.807, 2.05) is 19.2 Å². The minimum Gasteiger partial charge on any atom is -0.309 e. The maximum absolute atomic E-state index is 11.2. The highest BCUT2D eigenvalue weighted by Crippen LogP contribution is 2.17. The van der Waals surface area contributed by atoms with Crippen molar-refractivity contribution >= 4 is 9.84 Å². The Morgan fingerprint density at radius 2 is 2.16 bits per heavy atom. The van der Waals surface area contributed by atoms with Gasteiger partial charge in [0.25, 0.3) is 0 Å². The van der Waals surface area contributed by atoms with Gasteiger partial charge in [-0.3, -0.25) is 4.98 Å². The van der Waals surface area contributed by atoms with Crippen LogP contribution in [0.4, 0.5) is 0 Å². The lowest BCUT2D eigenvalue weighted by Crippen LogP contribution is -2.23. The standard InChI is InChI=1S/C14H24N2O2S/c1-4-8-15-13(6-5-10-19(3,17)18)14-11-12(2)7-9-16-14/h7,9,11,13,15H,4-6,8,10H2,1-3H3. The molecule has 0 saturated carbocycles. The Hall–Kier alpha value is -0.940. The second kappa shape index (κ2) is 7.60. The van der Waals surface area contributed by atoms with Crippen molar-refractivity contribution in [1.29, 1.82) is 0 Å². The van der Waals surface area contributed by atoms with Gasteiger partial charge >= 0.3 is 0 Å². The summed E-state index contributed by atoms with van der Waals surface area (Å²) >= 11 is 0. The lowest BCUT2D eigenvalue weighted by atomic mass is 10.1. The number of hydrogen-bond acceptors (Lipinski definition) is 4. The first-order valence-electron chi connectivity index (χ1n) is 6.76. The molecule has 5 heteroatoms. The van der Waals surface area contributed by atoms with Gasteiger partial charge < -0.3 is 5.32 Å². The Morgan fingerprint density at radius 3 is 2.74 bits per heavy atom. The number of rotatable bonds is 8. The SMILES string of the molecule is CCCNC(CCCS(C)(=O)=O)c1cc(C)ccn1. The number of pyridine rings is 1. The second-order valence-corrected chi connectivity index (χ2v) is 7.30. The van der Waals surface area contributed by atoms with Gasteiger partial charge in [0.1, 0.15) is 9.84 Å². The van der Waals surface area contributed by atoms with Gasteiger partial charge in [-0.2, -0.15) is 0 Å². The fourth-order valence-corrected chi connectivity index (χ4v) is 2.66. The van der Waals surface area contributed by atoms with Crippen LogP contribution < -0.4 is 5.32 Å². The van der Waals surface area contributed by atoms with Crippen molar-refractivity contribution in [2.24, 2.45) is 0 Å². The summed E-state index contributed by atoms with van der Waals surface area (Å²) in [5, 5.41) is 3.44. The van der Waals surface area contributed by atoms with Gasteiger partial charge in [-0.25, -0.2) is 8.42 Å². The zero-order valence-electron chi connectivity index (χ0n) is 12.0. The van der Waals surface area contributed by atoms with Gasteiger partial charge in [0.2, 0.25) is 0 Å². The van der Waals surface area contributed by atoms with E-state index in [2.05, 4.69) is 23.3 Å². The smallest absolute Gasteiger partial charge is 0.147 e. The molecule has 1 N–H and O–H groups in total. The first kappa shape index (κ1) is 16.1. The number of nitrogens with zero attached hydrogens (tertiary/aromatic N) is 1. The van der Waals surface area contributed by atoms with Crippen LogP contribution in [0.3, 0.4) is 0 Å². The summed E-state index contributed by atoms with van der Waals surface area (Å²) in [6.07, 6.45) is 5.60. The molecule has 1 aromatic rings. The minimum atomic E-state index is -2.88. The Morgan fingerprint density at radius 1 is 1.42 bits per heavy atom. The van der Waals surface area contributed by atoms with Gasteiger partial charge in [0, 0.05) is 24.2 Å². The molecule has 0 aliphatic carbocycles. The van der Waals surface area contributed by atoms with E-state index in [1.165, 1.54) is 11.8 Å². The lowest BCUT2D eigenvalue weighted by Gasteiger charge is -2.18. The van der Waals surface area contributed by atoms with Crippen molar-refractivity contribution in [3.8, 4) is 0 Å². The fraction of sp³-hybridized carbons (Fsp3) is 0.643. The molecule has 1 aromatic heterocycles. The van der Waals surface area contributed by atoms with Crippen molar-refractivity contribution in [3.05, 3.63) is 29.6 Å². The molecule has 0 amide bonds. The van der Waals surface area contributed by atoms with E-state index in [-0.39, 0.29) is 11.8 Å². The molecule has 1 atom stereocenters. The van der Waals surface area contributed by atoms with Crippen LogP contribution in [0, 0.1) is 6.92 Å². The van der Waals surface area contributed by atoms with Crippen LogP contribution in [-0.4, -0.2) is 32.0 Å². The van der Waals surface area contributed by atoms with Crippen molar-refractivity contribution in [3.63, 3.8) is 0 Å². The molecule has 0 fully saturated rings. The van der Waals surface area contributed by atoms with Crippen molar-refractivity contribution in [2.75, 3.05) is 18.6 Å². The molecule has 19 heavy (non-hydrogen) atoms. The van der Waals surface area contributed by atoms with Gasteiger partial charge in [-0.15, -0.1) is 0 Å². The Balaban J connectivity index is 2.66. The largest absolute Gasteiger partial charge is 0.309 e. The molecule has 1 unspecified atom stereocenters. The predicted molar refractivity (Wildman–Crippen MR) is 79.0 cm³/mol. The lowest BCUT2D eigenvalue weighted by molar-refractivity contribution is 0.482. The number of aromatic nitrogens is 1. The molecule has 1 rings (SSSR count). The van der Waals surface area contributed by atoms with Crippen LogP contribution in [0.25, 0.3) is 0 Å². The average molecular weight is 284 g/mol. The maximum Gasteiger partial charge on any atom is 0.147 e. The normalized spacial score (nSPS) is 13.4. The molecule has 0 radical (unpaired) electrons. The van der Waals surface area contributed by atoms with Crippen LogP contribution in [0.5, 0.6) is 0 Å². The molecule has 0 bridgehead atoms. The zero-order chi connectivity index (χ0) is 14.3. The molecule has 0 aliphatic heterocycles. The third-order valence-electron chi connectivity index (χ3n) is 2.94. The Kier molecular flexibility index (Phi) is 6.45. The molecular weight excluding hydrogens is 260 g/mol. The summed E-state index contributed by atoms with van der Waals surface area (Å²) in [4.78, 5) is 4.40. The molecule has 1 heterocycles. The topological polar surface area (TPSA) is 59.1 Å². The van der Waals surface area contributed by atoms with Crippen LogP contribution in [0.15, 0.2) is 18.3 Å². The monoisotopic (exact) mass is 284 g/mol. The predicted octanol–water partition coefficient (Wildman–Crippen LogP) is 2.26. The minimum absolute atomic E-state index is 0.140. The summed E-state index contributed by atoms with van der Waals surface area (Å²) in [6.45, 7) is 5.07. The van der Waals surface area contributed by atoms with Gasteiger partial charge in [0.15, 0.2) is 0 Å². The van der Waals surface area contributed by atoms with Crippen LogP contribution in [-0.2, 0) is 9.84 Å². The van der Waals surface area contributed by atoms with Crippen molar-refractivity contribution in [1.82, 2.24) is 10.3 Å². The highest BCUT2D eigenvalue weighted by molar-refractivity contribution is 7.90. The summed E-state index contributed by atoms with van der Waals surface area (Å²) in [7, 11) is -2.88. The van der Waals surface area contributed by atoms with Crippen LogP contribution in [0.2, 0.25) is 0 Å². The number of nitrogens with one attached hydrogen (secondary N) is 1. The summed E-state index contributed by atoms with van der Waals surface area (Å²) < 4.78 is 22.4. The summed E-state index contributed by atoms with van der Waals surface area (Å²) in [6, 6.07) is 4.17. The van der Waals surface area contributed by atoms with Gasteiger partial charge in [0.05, 0.1) is 5.69 Å². The van der Waals surface area contributed by atoms with E-state index in [1.54, 1.807) is 0 Å². The van der Waals surface area contributed by atoms with Crippen LogP contribution in [0.1, 0.15) is 43.5 Å². The van der Waals surface area contributed by atoms with Crippen molar-refractivity contribution in [2.45, 2.75) is 39.2 Å². The Bertz CT molecular complexity index is 486. The molecule has 0 saturated heterocycles. The molecule has 0 aromatic carbocycles. The van der Waals surface area contributed by atoms with E-state index in [4.69, 9.17) is 0 Å². The number of sulfone groups is 1. The third-order valence-corrected chi connectivity index (χ3v) is 3.97. The van der Waals surface area contributed by atoms with E-state index in [0.29, 0.717) is 6.42 Å². The molecule has 0 aliphatic rings. The summed E-state index contributed by atoms with van der Waals surface area (Å²) in [5.74, 6) is 0.239. The molecule has 4 nitrogen and oxygen atoms in total. The second-order valence-electron chi connectivity index (χ2n) is 5.04. The van der Waals surface area contributed by atoms with Crippen molar-refractivity contribution < 1.29 is 8.42 Å². The highest BCUT2D eigenvalue weighted by atomic mass is 32.2. The van der Waals surface area contributed by atoms with Crippen LogP contribution >= 0.6 is 0 Å². The average Bonchev–Trinajstić information content (AvgIpc) is 2.32. The molecular formula is C14H24N2O2S. The third kappa shape index (κ3) is 6.68. The van der Waals surface area contributed by atoms with E-state index < -0.39 is 9.84 Å². The summed E-state index contributed by atoms with van der Waals surface area (Å²) in [5.41, 5.74) is 2.18. The number of hydrogen-bond donors (Lipinski definition) is 1. The maximum atomic E-state index is 11.2. The quantitative estimate of drug-likeness (QED) is 0.795. The zero-order valence-corrected chi connectivity index (χ0v) is 12.8. The van der Waals surface area contributed by atoms with E-state index >= 15 is 0 Å².